The van der Waals surface area contributed by atoms with E-state index in [2.05, 4.69) is 42.6 Å². The molecule has 7 heteroatoms. The molecular formula is C19H33N3O3S. The van der Waals surface area contributed by atoms with E-state index < -0.39 is 10.0 Å². The normalized spacial score (nSPS) is 12.2. The fourth-order valence-corrected chi connectivity index (χ4v) is 4.26. The highest BCUT2D eigenvalue weighted by Crippen LogP contribution is 2.16. The summed E-state index contributed by atoms with van der Waals surface area (Å²) in [5.41, 5.74) is 1.57. The van der Waals surface area contributed by atoms with E-state index in [0.717, 1.165) is 12.1 Å². The van der Waals surface area contributed by atoms with Gasteiger partial charge in [0, 0.05) is 38.1 Å². The Morgan fingerprint density at radius 1 is 1.08 bits per heavy atom. The molecule has 1 aromatic rings. The molecule has 0 saturated carbocycles. The van der Waals surface area contributed by atoms with Gasteiger partial charge in [-0.3, -0.25) is 9.69 Å². The summed E-state index contributed by atoms with van der Waals surface area (Å²) in [6.07, 6.45) is 0.119. The van der Waals surface area contributed by atoms with Crippen molar-refractivity contribution in [2.75, 3.05) is 19.6 Å². The first kappa shape index (κ1) is 22.6. The number of amides is 1. The summed E-state index contributed by atoms with van der Waals surface area (Å²) in [6, 6.07) is 6.13. The molecule has 0 aliphatic heterocycles. The predicted octanol–water partition coefficient (Wildman–Crippen LogP) is 2.21. The van der Waals surface area contributed by atoms with Crippen LogP contribution in [0.1, 0.15) is 45.2 Å². The number of sulfonamides is 1. The first-order chi connectivity index (χ1) is 12.0. The third kappa shape index (κ3) is 7.05. The molecule has 0 spiro atoms. The zero-order chi connectivity index (χ0) is 19.9. The lowest BCUT2D eigenvalue weighted by Gasteiger charge is -2.30. The van der Waals surface area contributed by atoms with Crippen LogP contribution < -0.4 is 10.0 Å². The Kier molecular flexibility index (Phi) is 8.73. The van der Waals surface area contributed by atoms with Crippen LogP contribution in [-0.4, -0.2) is 50.9 Å². The Labute approximate surface area is 158 Å². The summed E-state index contributed by atoms with van der Waals surface area (Å²) in [6.45, 7) is 13.5. The third-order valence-electron chi connectivity index (χ3n) is 4.30. The molecule has 1 amide bonds. The van der Waals surface area contributed by atoms with E-state index in [-0.39, 0.29) is 23.8 Å². The topological polar surface area (TPSA) is 78.5 Å². The lowest BCUT2D eigenvalue weighted by molar-refractivity contribution is -0.121. The summed E-state index contributed by atoms with van der Waals surface area (Å²) in [4.78, 5) is 14.5. The first-order valence-corrected chi connectivity index (χ1v) is 10.6. The molecule has 0 radical (unpaired) electrons. The van der Waals surface area contributed by atoms with Crippen LogP contribution in [0.4, 0.5) is 0 Å². The number of carbonyl (C=O) groups excluding carboxylic acids is 1. The number of benzene rings is 1. The third-order valence-corrected chi connectivity index (χ3v) is 5.90. The molecule has 2 N–H and O–H groups in total. The van der Waals surface area contributed by atoms with Gasteiger partial charge in [0.15, 0.2) is 0 Å². The molecule has 1 aromatic carbocycles. The molecule has 148 valence electrons. The molecule has 6 nitrogen and oxygen atoms in total. The average Bonchev–Trinajstić information content (AvgIpc) is 2.52. The van der Waals surface area contributed by atoms with Crippen molar-refractivity contribution < 1.29 is 13.2 Å². The largest absolute Gasteiger partial charge is 0.355 e. The SMILES string of the molecule is Cc1ccc(C)c(S(=O)(=O)NCCC(=O)NCCN(C(C)C)C(C)C)c1. The van der Waals surface area contributed by atoms with Gasteiger partial charge in [-0.15, -0.1) is 0 Å². The predicted molar refractivity (Wildman–Crippen MR) is 106 cm³/mol. The highest BCUT2D eigenvalue weighted by atomic mass is 32.2. The van der Waals surface area contributed by atoms with Crippen molar-refractivity contribution in [2.45, 2.75) is 64.9 Å². The Balaban J connectivity index is 2.45. The number of aryl methyl sites for hydroxylation is 2. The van der Waals surface area contributed by atoms with Gasteiger partial charge in [0.05, 0.1) is 4.90 Å². The Morgan fingerprint density at radius 3 is 2.27 bits per heavy atom. The molecule has 0 atom stereocenters. The average molecular weight is 384 g/mol. The van der Waals surface area contributed by atoms with Crippen molar-refractivity contribution in [2.24, 2.45) is 0 Å². The van der Waals surface area contributed by atoms with Gasteiger partial charge in [-0.25, -0.2) is 13.1 Å². The lowest BCUT2D eigenvalue weighted by atomic mass is 10.2. The van der Waals surface area contributed by atoms with E-state index in [4.69, 9.17) is 0 Å². The minimum absolute atomic E-state index is 0.0830. The second-order valence-electron chi connectivity index (χ2n) is 7.19. The molecule has 0 aromatic heterocycles. The summed E-state index contributed by atoms with van der Waals surface area (Å²) >= 11 is 0. The summed E-state index contributed by atoms with van der Waals surface area (Å²) < 4.78 is 27.3. The van der Waals surface area contributed by atoms with Gasteiger partial charge in [0.25, 0.3) is 0 Å². The second kappa shape index (κ2) is 10.0. The van der Waals surface area contributed by atoms with Crippen molar-refractivity contribution >= 4 is 15.9 Å². The minimum Gasteiger partial charge on any atom is -0.355 e. The first-order valence-electron chi connectivity index (χ1n) is 9.14. The monoisotopic (exact) mass is 383 g/mol. The van der Waals surface area contributed by atoms with Crippen LogP contribution in [0.5, 0.6) is 0 Å². The van der Waals surface area contributed by atoms with Crippen LogP contribution in [0.25, 0.3) is 0 Å². The van der Waals surface area contributed by atoms with E-state index in [9.17, 15) is 13.2 Å². The van der Waals surface area contributed by atoms with E-state index in [0.29, 0.717) is 24.2 Å². The van der Waals surface area contributed by atoms with E-state index in [1.165, 1.54) is 0 Å². The Morgan fingerprint density at radius 2 is 1.69 bits per heavy atom. The molecule has 0 aliphatic rings. The highest BCUT2D eigenvalue weighted by molar-refractivity contribution is 7.89. The van der Waals surface area contributed by atoms with Crippen molar-refractivity contribution in [3.63, 3.8) is 0 Å². The zero-order valence-corrected chi connectivity index (χ0v) is 17.6. The van der Waals surface area contributed by atoms with Crippen molar-refractivity contribution in [1.29, 1.82) is 0 Å². The maximum Gasteiger partial charge on any atom is 0.240 e. The molecule has 1 rings (SSSR count). The number of hydrogen-bond acceptors (Lipinski definition) is 4. The number of nitrogens with one attached hydrogen (secondary N) is 2. The fraction of sp³-hybridized carbons (Fsp3) is 0.632. The smallest absolute Gasteiger partial charge is 0.240 e. The van der Waals surface area contributed by atoms with Crippen LogP contribution in [0.2, 0.25) is 0 Å². The van der Waals surface area contributed by atoms with Gasteiger partial charge in [-0.1, -0.05) is 12.1 Å². The van der Waals surface area contributed by atoms with Gasteiger partial charge in [-0.05, 0) is 58.7 Å². The van der Waals surface area contributed by atoms with Gasteiger partial charge in [-0.2, -0.15) is 0 Å². The van der Waals surface area contributed by atoms with Crippen molar-refractivity contribution in [3.05, 3.63) is 29.3 Å². The molecule has 26 heavy (non-hydrogen) atoms. The van der Waals surface area contributed by atoms with Crippen molar-refractivity contribution in [1.82, 2.24) is 14.9 Å². The maximum atomic E-state index is 12.4. The lowest BCUT2D eigenvalue weighted by Crippen LogP contribution is -2.42. The van der Waals surface area contributed by atoms with Gasteiger partial charge in [0.1, 0.15) is 0 Å². The highest BCUT2D eigenvalue weighted by Gasteiger charge is 2.17. The van der Waals surface area contributed by atoms with Gasteiger partial charge < -0.3 is 5.32 Å². The number of carbonyl (C=O) groups is 1. The summed E-state index contributed by atoms with van der Waals surface area (Å²) in [5, 5.41) is 2.85. The van der Waals surface area contributed by atoms with Crippen LogP contribution in [-0.2, 0) is 14.8 Å². The molecule has 0 aliphatic carbocycles. The molecule has 0 bridgehead atoms. The standard InChI is InChI=1S/C19H33N3O3S/c1-14(2)22(15(3)4)12-11-20-19(23)9-10-21-26(24,25)18-13-16(5)7-8-17(18)6/h7-8,13-15,21H,9-12H2,1-6H3,(H,20,23). The molecule has 0 saturated heterocycles. The van der Waals surface area contributed by atoms with Crippen LogP contribution in [0, 0.1) is 13.8 Å². The molecule has 0 heterocycles. The number of rotatable bonds is 10. The molecule has 0 unspecified atom stereocenters. The minimum atomic E-state index is -3.60. The second-order valence-corrected chi connectivity index (χ2v) is 8.93. The fourth-order valence-electron chi connectivity index (χ4n) is 2.90. The van der Waals surface area contributed by atoms with Gasteiger partial charge >= 0.3 is 0 Å². The van der Waals surface area contributed by atoms with Crippen LogP contribution in [0.3, 0.4) is 0 Å². The summed E-state index contributed by atoms with van der Waals surface area (Å²) in [5.74, 6) is -0.152. The van der Waals surface area contributed by atoms with Crippen LogP contribution >= 0.6 is 0 Å². The maximum absolute atomic E-state index is 12.4. The Bertz CT molecular complexity index is 692. The van der Waals surface area contributed by atoms with E-state index in [1.54, 1.807) is 19.1 Å². The van der Waals surface area contributed by atoms with Crippen molar-refractivity contribution in [3.8, 4) is 0 Å². The number of hydrogen-bond donors (Lipinski definition) is 2. The molecular weight excluding hydrogens is 350 g/mol. The quantitative estimate of drug-likeness (QED) is 0.649. The van der Waals surface area contributed by atoms with Crippen LogP contribution in [0.15, 0.2) is 23.1 Å². The Hall–Kier alpha value is -1.44. The molecule has 0 fully saturated rings. The summed E-state index contributed by atoms with van der Waals surface area (Å²) in [7, 11) is -3.60. The van der Waals surface area contributed by atoms with Gasteiger partial charge in [0.2, 0.25) is 15.9 Å². The number of nitrogens with zero attached hydrogens (tertiary/aromatic N) is 1. The van der Waals surface area contributed by atoms with E-state index in [1.807, 2.05) is 13.0 Å². The zero-order valence-electron chi connectivity index (χ0n) is 16.8. The van der Waals surface area contributed by atoms with E-state index >= 15 is 0 Å².